The maximum atomic E-state index is 13.5. The van der Waals surface area contributed by atoms with Gasteiger partial charge in [0, 0.05) is 37.9 Å². The van der Waals surface area contributed by atoms with Crippen molar-refractivity contribution in [3.05, 3.63) is 48.3 Å². The topological polar surface area (TPSA) is 74.1 Å². The number of aromatic nitrogens is 3. The molecule has 0 aliphatic heterocycles. The normalized spacial score (nSPS) is 13.6. The van der Waals surface area contributed by atoms with Gasteiger partial charge in [0.05, 0.1) is 20.8 Å². The summed E-state index contributed by atoms with van der Waals surface area (Å²) in [4.78, 5) is 8.22. The number of benzene rings is 1. The number of rotatable bonds is 8. The molecule has 6 nitrogen and oxygen atoms in total. The molecule has 0 amide bonds. The second-order valence-corrected chi connectivity index (χ2v) is 10.8. The molecule has 168 valence electrons. The fourth-order valence-corrected chi connectivity index (χ4v) is 4.97. The average molecular weight is 448 g/mol. The number of methoxy groups -OCH3 is 1. The molecule has 1 atom stereocenters. The maximum Gasteiger partial charge on any atom is 0.214 e. The van der Waals surface area contributed by atoms with Crippen LogP contribution in [0.2, 0.25) is 0 Å². The summed E-state index contributed by atoms with van der Waals surface area (Å²) >= 11 is 0. The number of hydrogen-bond acceptors (Lipinski definition) is 5. The summed E-state index contributed by atoms with van der Waals surface area (Å²) in [5.74, 6) is 0.493. The highest BCUT2D eigenvalue weighted by Gasteiger charge is 2.26. The molecule has 0 saturated heterocycles. The lowest BCUT2D eigenvalue weighted by Crippen LogP contribution is -2.22. The van der Waals surface area contributed by atoms with Gasteiger partial charge in [-0.25, -0.2) is 18.4 Å². The van der Waals surface area contributed by atoms with Crippen molar-refractivity contribution in [3.63, 3.8) is 0 Å². The Labute approximate surface area is 183 Å². The zero-order chi connectivity index (χ0) is 22.8. The van der Waals surface area contributed by atoms with E-state index in [9.17, 15) is 12.8 Å². The third-order valence-corrected chi connectivity index (χ3v) is 7.21. The van der Waals surface area contributed by atoms with Crippen LogP contribution in [-0.2, 0) is 26.5 Å². The average Bonchev–Trinajstić information content (AvgIpc) is 3.09. The maximum absolute atomic E-state index is 13.5. The fraction of sp³-hybridized carbons (Fsp3) is 0.478. The van der Waals surface area contributed by atoms with E-state index in [1.54, 1.807) is 25.3 Å². The van der Waals surface area contributed by atoms with Crippen LogP contribution >= 0.6 is 0 Å². The monoisotopic (exact) mass is 447 g/mol. The lowest BCUT2D eigenvalue weighted by molar-refractivity contribution is 0.171. The summed E-state index contributed by atoms with van der Waals surface area (Å²) in [6.45, 7) is 9.93. The van der Waals surface area contributed by atoms with E-state index in [-0.39, 0.29) is 15.2 Å². The van der Waals surface area contributed by atoms with Crippen molar-refractivity contribution in [2.75, 3.05) is 13.7 Å². The van der Waals surface area contributed by atoms with Crippen molar-refractivity contribution in [2.45, 2.75) is 62.3 Å². The number of hydrogen-bond donors (Lipinski definition) is 0. The Morgan fingerprint density at radius 1 is 1.16 bits per heavy atom. The summed E-state index contributed by atoms with van der Waals surface area (Å²) in [5.41, 5.74) is 1.29. The number of fused-ring (bicyclic) bond motifs is 1. The van der Waals surface area contributed by atoms with Gasteiger partial charge in [-0.2, -0.15) is 4.39 Å². The highest BCUT2D eigenvalue weighted by atomic mass is 32.2. The van der Waals surface area contributed by atoms with Gasteiger partial charge < -0.3 is 9.30 Å². The van der Waals surface area contributed by atoms with Gasteiger partial charge in [-0.1, -0.05) is 34.1 Å². The molecule has 0 aliphatic carbocycles. The van der Waals surface area contributed by atoms with Crippen LogP contribution < -0.4 is 0 Å². The van der Waals surface area contributed by atoms with Gasteiger partial charge in [0.25, 0.3) is 0 Å². The van der Waals surface area contributed by atoms with Crippen molar-refractivity contribution >= 4 is 20.9 Å². The number of pyridine rings is 1. The molecule has 1 aromatic carbocycles. The number of ether oxygens (including phenoxy) is 1. The zero-order valence-corrected chi connectivity index (χ0v) is 19.5. The van der Waals surface area contributed by atoms with Gasteiger partial charge in [0.2, 0.25) is 15.8 Å². The van der Waals surface area contributed by atoms with E-state index < -0.39 is 15.8 Å². The molecule has 0 N–H and O–H groups in total. The van der Waals surface area contributed by atoms with Gasteiger partial charge in [-0.05, 0) is 36.6 Å². The first-order valence-electron chi connectivity index (χ1n) is 10.4. The first-order chi connectivity index (χ1) is 14.6. The molecule has 3 aromatic rings. The lowest BCUT2D eigenvalue weighted by atomic mass is 9.95. The van der Waals surface area contributed by atoms with Crippen LogP contribution in [0.4, 0.5) is 4.39 Å². The molecule has 2 heterocycles. The first-order valence-corrected chi connectivity index (χ1v) is 11.9. The summed E-state index contributed by atoms with van der Waals surface area (Å²) in [7, 11) is -2.17. The fourth-order valence-electron chi connectivity index (χ4n) is 3.69. The Morgan fingerprint density at radius 3 is 2.48 bits per heavy atom. The molecular weight excluding hydrogens is 417 g/mol. The molecule has 0 radical (unpaired) electrons. The minimum absolute atomic E-state index is 0.0853. The van der Waals surface area contributed by atoms with Crippen LogP contribution in [0.15, 0.2) is 46.3 Å². The van der Waals surface area contributed by atoms with Crippen LogP contribution in [0.3, 0.4) is 0 Å². The zero-order valence-electron chi connectivity index (χ0n) is 18.7. The van der Waals surface area contributed by atoms with E-state index in [0.717, 1.165) is 43.0 Å². The predicted molar refractivity (Wildman–Crippen MR) is 118 cm³/mol. The molecule has 0 fully saturated rings. The molecule has 3 rings (SSSR count). The van der Waals surface area contributed by atoms with Gasteiger partial charge in [0.1, 0.15) is 5.82 Å². The Morgan fingerprint density at radius 2 is 1.87 bits per heavy atom. The number of imidazole rings is 1. The predicted octanol–water partition coefficient (Wildman–Crippen LogP) is 4.76. The van der Waals surface area contributed by atoms with Gasteiger partial charge >= 0.3 is 0 Å². The van der Waals surface area contributed by atoms with E-state index >= 15 is 0 Å². The van der Waals surface area contributed by atoms with E-state index in [1.165, 1.54) is 6.07 Å². The van der Waals surface area contributed by atoms with Crippen LogP contribution in [0, 0.1) is 11.9 Å². The minimum Gasteiger partial charge on any atom is -0.385 e. The highest BCUT2D eigenvalue weighted by molar-refractivity contribution is 7.91. The molecule has 2 aromatic heterocycles. The second kappa shape index (κ2) is 9.04. The molecule has 0 saturated carbocycles. The van der Waals surface area contributed by atoms with E-state index in [0.29, 0.717) is 18.0 Å². The Balaban J connectivity index is 2.10. The van der Waals surface area contributed by atoms with Gasteiger partial charge in [-0.15, -0.1) is 0 Å². The number of sulfone groups is 1. The largest absolute Gasteiger partial charge is 0.385 e. The molecule has 0 bridgehead atoms. The highest BCUT2D eigenvalue weighted by Crippen LogP contribution is 2.31. The number of halogens is 1. The standard InChI is InChI=1S/C23H30FN3O3S/c1-6-16(10-12-30-5)15-27-20-8-7-17(13-19(20)26-22(27)23(2,3)4)31(28,29)18-9-11-25-21(24)14-18/h7-9,11,13-14,16H,6,10,12,15H2,1-5H3. The van der Waals surface area contributed by atoms with Crippen LogP contribution in [0.25, 0.3) is 11.0 Å². The van der Waals surface area contributed by atoms with Crippen molar-refractivity contribution in [3.8, 4) is 0 Å². The van der Waals surface area contributed by atoms with E-state index in [2.05, 4.69) is 37.2 Å². The second-order valence-electron chi connectivity index (χ2n) is 8.82. The summed E-state index contributed by atoms with van der Waals surface area (Å²) < 4.78 is 47.0. The molecule has 31 heavy (non-hydrogen) atoms. The smallest absolute Gasteiger partial charge is 0.214 e. The minimum atomic E-state index is -3.88. The molecule has 0 spiro atoms. The SMILES string of the molecule is CCC(CCOC)Cn1c(C(C)(C)C)nc2cc(S(=O)(=O)c3ccnc(F)c3)ccc21. The Kier molecular flexibility index (Phi) is 6.81. The van der Waals surface area contributed by atoms with Crippen LogP contribution in [-0.4, -0.2) is 36.7 Å². The third-order valence-electron chi connectivity index (χ3n) is 5.46. The summed E-state index contributed by atoms with van der Waals surface area (Å²) in [5, 5.41) is 0. The first kappa shape index (κ1) is 23.3. The lowest BCUT2D eigenvalue weighted by Gasteiger charge is -2.23. The van der Waals surface area contributed by atoms with Crippen molar-refractivity contribution in [2.24, 2.45) is 5.92 Å². The van der Waals surface area contributed by atoms with Crippen LogP contribution in [0.5, 0.6) is 0 Å². The van der Waals surface area contributed by atoms with Crippen molar-refractivity contribution in [1.29, 1.82) is 0 Å². The summed E-state index contributed by atoms with van der Waals surface area (Å²) in [6, 6.07) is 7.16. The van der Waals surface area contributed by atoms with E-state index in [1.807, 2.05) is 0 Å². The quantitative estimate of drug-likeness (QED) is 0.465. The van der Waals surface area contributed by atoms with E-state index in [4.69, 9.17) is 9.72 Å². The van der Waals surface area contributed by atoms with Gasteiger partial charge in [-0.3, -0.25) is 0 Å². The summed E-state index contributed by atoms with van der Waals surface area (Å²) in [6.07, 6.45) is 3.10. The number of nitrogens with zero attached hydrogens (tertiary/aromatic N) is 3. The molecule has 1 unspecified atom stereocenters. The Bertz CT molecular complexity index is 1170. The molecule has 8 heteroatoms. The molecule has 0 aliphatic rings. The van der Waals surface area contributed by atoms with Gasteiger partial charge in [0.15, 0.2) is 0 Å². The third kappa shape index (κ3) is 4.96. The van der Waals surface area contributed by atoms with Crippen molar-refractivity contribution in [1.82, 2.24) is 14.5 Å². The molecular formula is C23H30FN3O3S. The van der Waals surface area contributed by atoms with Crippen LogP contribution in [0.1, 0.15) is 46.4 Å². The van der Waals surface area contributed by atoms with Crippen molar-refractivity contribution < 1.29 is 17.5 Å². The Hall–Kier alpha value is -2.32.